The van der Waals surface area contributed by atoms with Gasteiger partial charge in [0.05, 0.1) is 7.11 Å². The topological polar surface area (TPSA) is 39.4 Å². The molecule has 72 valence electrons. The first-order valence-corrected chi connectivity index (χ1v) is 4.86. The monoisotopic (exact) mass is 246 g/mol. The Labute approximate surface area is 85.2 Å². The van der Waals surface area contributed by atoms with Crippen molar-refractivity contribution in [3.05, 3.63) is 23.7 Å². The lowest BCUT2D eigenvalue weighted by Gasteiger charge is -1.98. The van der Waals surface area contributed by atoms with Crippen LogP contribution < -0.4 is 0 Å². The number of rotatable bonds is 3. The first-order valence-electron chi connectivity index (χ1n) is 3.94. The van der Waals surface area contributed by atoms with E-state index in [9.17, 15) is 4.79 Å². The highest BCUT2D eigenvalue weighted by Crippen LogP contribution is 2.13. The summed E-state index contributed by atoms with van der Waals surface area (Å²) in [5.41, 5.74) is 0. The number of ether oxygens (including phenoxy) is 1. The van der Waals surface area contributed by atoms with Crippen LogP contribution >= 0.6 is 15.9 Å². The van der Waals surface area contributed by atoms with E-state index in [0.29, 0.717) is 4.83 Å². The molecule has 0 aromatic carbocycles. The van der Waals surface area contributed by atoms with E-state index >= 15 is 0 Å². The molecule has 0 saturated carbocycles. The number of alkyl halides is 1. The molecule has 0 aliphatic heterocycles. The SMILES string of the molecule is COC(=O)c1ccc(CC(C)Br)o1. The average Bonchev–Trinajstić information content (AvgIpc) is 2.50. The van der Waals surface area contributed by atoms with Crippen molar-refractivity contribution in [3.8, 4) is 0 Å². The van der Waals surface area contributed by atoms with Crippen LogP contribution in [0, 0.1) is 0 Å². The van der Waals surface area contributed by atoms with Crippen molar-refractivity contribution in [2.24, 2.45) is 0 Å². The fourth-order valence-corrected chi connectivity index (χ4v) is 1.29. The molecular formula is C9H11BrO3. The predicted molar refractivity (Wildman–Crippen MR) is 52.1 cm³/mol. The molecule has 1 rings (SSSR count). The van der Waals surface area contributed by atoms with Crippen molar-refractivity contribution in [2.45, 2.75) is 18.2 Å². The highest BCUT2D eigenvalue weighted by molar-refractivity contribution is 9.09. The average molecular weight is 247 g/mol. The third-order valence-corrected chi connectivity index (χ3v) is 1.85. The molecule has 13 heavy (non-hydrogen) atoms. The first-order chi connectivity index (χ1) is 6.13. The summed E-state index contributed by atoms with van der Waals surface area (Å²) >= 11 is 3.40. The molecular weight excluding hydrogens is 236 g/mol. The van der Waals surface area contributed by atoms with Gasteiger partial charge in [-0.3, -0.25) is 0 Å². The number of esters is 1. The summed E-state index contributed by atoms with van der Waals surface area (Å²) in [5, 5.41) is 0. The van der Waals surface area contributed by atoms with Gasteiger partial charge in [-0.1, -0.05) is 22.9 Å². The summed E-state index contributed by atoms with van der Waals surface area (Å²) < 4.78 is 9.75. The Morgan fingerprint density at radius 2 is 2.38 bits per heavy atom. The van der Waals surface area contributed by atoms with Gasteiger partial charge in [-0.15, -0.1) is 0 Å². The van der Waals surface area contributed by atoms with E-state index < -0.39 is 5.97 Å². The van der Waals surface area contributed by atoms with Crippen LogP contribution in [0.3, 0.4) is 0 Å². The standard InChI is InChI=1S/C9H11BrO3/c1-6(10)5-7-3-4-8(13-7)9(11)12-2/h3-4,6H,5H2,1-2H3. The van der Waals surface area contributed by atoms with Crippen LogP contribution in [0.1, 0.15) is 23.2 Å². The first kappa shape index (κ1) is 10.3. The van der Waals surface area contributed by atoms with E-state index in [2.05, 4.69) is 20.7 Å². The predicted octanol–water partition coefficient (Wildman–Crippen LogP) is 2.39. The maximum absolute atomic E-state index is 11.0. The smallest absolute Gasteiger partial charge is 0.373 e. The minimum absolute atomic E-state index is 0.255. The van der Waals surface area contributed by atoms with Gasteiger partial charge in [-0.2, -0.15) is 0 Å². The molecule has 1 aromatic rings. The van der Waals surface area contributed by atoms with Crippen LogP contribution in [0.25, 0.3) is 0 Å². The highest BCUT2D eigenvalue weighted by atomic mass is 79.9. The summed E-state index contributed by atoms with van der Waals surface area (Å²) in [6.07, 6.45) is 0.761. The van der Waals surface area contributed by atoms with Crippen molar-refractivity contribution in [1.82, 2.24) is 0 Å². The van der Waals surface area contributed by atoms with Gasteiger partial charge in [0.2, 0.25) is 5.76 Å². The summed E-state index contributed by atoms with van der Waals surface area (Å²) in [6.45, 7) is 2.01. The van der Waals surface area contributed by atoms with Crippen molar-refractivity contribution < 1.29 is 13.9 Å². The van der Waals surface area contributed by atoms with Gasteiger partial charge in [0, 0.05) is 11.2 Å². The van der Waals surface area contributed by atoms with Crippen LogP contribution in [0.5, 0.6) is 0 Å². The Balaban J connectivity index is 2.69. The van der Waals surface area contributed by atoms with E-state index in [4.69, 9.17) is 4.42 Å². The molecule has 0 aliphatic rings. The Hall–Kier alpha value is -0.770. The highest BCUT2D eigenvalue weighted by Gasteiger charge is 2.11. The molecule has 0 fully saturated rings. The van der Waals surface area contributed by atoms with Crippen molar-refractivity contribution in [3.63, 3.8) is 0 Å². The zero-order valence-electron chi connectivity index (χ0n) is 7.54. The minimum Gasteiger partial charge on any atom is -0.463 e. The maximum atomic E-state index is 11.0. The Bertz CT molecular complexity index is 291. The molecule has 0 spiro atoms. The molecule has 0 saturated heterocycles. The molecule has 0 amide bonds. The molecule has 0 bridgehead atoms. The summed E-state index contributed by atoms with van der Waals surface area (Å²) in [6, 6.07) is 3.40. The lowest BCUT2D eigenvalue weighted by molar-refractivity contribution is 0.0563. The molecule has 0 radical (unpaired) electrons. The van der Waals surface area contributed by atoms with E-state index in [1.165, 1.54) is 7.11 Å². The van der Waals surface area contributed by atoms with Crippen LogP contribution in [0.4, 0.5) is 0 Å². The molecule has 1 atom stereocenters. The van der Waals surface area contributed by atoms with Crippen LogP contribution in [0.15, 0.2) is 16.5 Å². The lowest BCUT2D eigenvalue weighted by atomic mass is 10.3. The summed E-state index contributed by atoms with van der Waals surface area (Å²) in [5.74, 6) is 0.601. The second-order valence-electron chi connectivity index (χ2n) is 2.74. The largest absolute Gasteiger partial charge is 0.463 e. The third kappa shape index (κ3) is 2.88. The Kier molecular flexibility index (Phi) is 3.54. The van der Waals surface area contributed by atoms with Crippen molar-refractivity contribution in [2.75, 3.05) is 7.11 Å². The van der Waals surface area contributed by atoms with Gasteiger partial charge in [-0.05, 0) is 12.1 Å². The number of furan rings is 1. The molecule has 1 unspecified atom stereocenters. The van der Waals surface area contributed by atoms with E-state index in [0.717, 1.165) is 12.2 Å². The van der Waals surface area contributed by atoms with E-state index in [1.54, 1.807) is 12.1 Å². The zero-order chi connectivity index (χ0) is 9.84. The minimum atomic E-state index is -0.437. The van der Waals surface area contributed by atoms with Crippen LogP contribution in [0.2, 0.25) is 0 Å². The van der Waals surface area contributed by atoms with Gasteiger partial charge in [-0.25, -0.2) is 4.79 Å². The Morgan fingerprint density at radius 1 is 1.69 bits per heavy atom. The number of halogens is 1. The van der Waals surface area contributed by atoms with E-state index in [-0.39, 0.29) is 5.76 Å². The number of hydrogen-bond donors (Lipinski definition) is 0. The van der Waals surface area contributed by atoms with Gasteiger partial charge in [0.25, 0.3) is 0 Å². The third-order valence-electron chi connectivity index (χ3n) is 1.53. The van der Waals surface area contributed by atoms with Crippen molar-refractivity contribution >= 4 is 21.9 Å². The zero-order valence-corrected chi connectivity index (χ0v) is 9.13. The Morgan fingerprint density at radius 3 is 2.92 bits per heavy atom. The fourth-order valence-electron chi connectivity index (χ4n) is 0.975. The van der Waals surface area contributed by atoms with Gasteiger partial charge < -0.3 is 9.15 Å². The molecule has 4 heteroatoms. The quantitative estimate of drug-likeness (QED) is 0.608. The second-order valence-corrected chi connectivity index (χ2v) is 4.31. The molecule has 1 heterocycles. The number of carbonyl (C=O) groups is 1. The number of carbonyl (C=O) groups excluding carboxylic acids is 1. The maximum Gasteiger partial charge on any atom is 0.373 e. The molecule has 0 aliphatic carbocycles. The van der Waals surface area contributed by atoms with Crippen molar-refractivity contribution in [1.29, 1.82) is 0 Å². The van der Waals surface area contributed by atoms with Gasteiger partial charge >= 0.3 is 5.97 Å². The van der Waals surface area contributed by atoms with Gasteiger partial charge in [0.15, 0.2) is 0 Å². The van der Waals surface area contributed by atoms with Gasteiger partial charge in [0.1, 0.15) is 5.76 Å². The summed E-state index contributed by atoms with van der Waals surface area (Å²) in [7, 11) is 1.33. The molecule has 3 nitrogen and oxygen atoms in total. The number of hydrogen-bond acceptors (Lipinski definition) is 3. The van der Waals surface area contributed by atoms with E-state index in [1.807, 2.05) is 6.92 Å². The fraction of sp³-hybridized carbons (Fsp3) is 0.444. The van der Waals surface area contributed by atoms with Crippen LogP contribution in [-0.4, -0.2) is 17.9 Å². The lowest BCUT2D eigenvalue weighted by Crippen LogP contribution is -1.99. The molecule has 1 aromatic heterocycles. The van der Waals surface area contributed by atoms with Crippen LogP contribution in [-0.2, 0) is 11.2 Å². The second kappa shape index (κ2) is 4.46. The molecule has 0 N–H and O–H groups in total. The summed E-state index contributed by atoms with van der Waals surface area (Å²) in [4.78, 5) is 11.3. The normalized spacial score (nSPS) is 12.5. The number of methoxy groups -OCH3 is 1.